The van der Waals surface area contributed by atoms with Crippen LogP contribution in [0.4, 0.5) is 5.69 Å². The molecule has 1 aromatic carbocycles. The van der Waals surface area contributed by atoms with Crippen LogP contribution in [0.1, 0.15) is 5.69 Å². The van der Waals surface area contributed by atoms with Crippen LogP contribution in [-0.2, 0) is 4.79 Å². The van der Waals surface area contributed by atoms with Crippen LogP contribution >= 0.6 is 0 Å². The second kappa shape index (κ2) is 6.61. The molecule has 4 rings (SSSR count). The molecule has 0 saturated carbocycles. The Labute approximate surface area is 146 Å². The van der Waals surface area contributed by atoms with Crippen LogP contribution in [0.15, 0.2) is 91.5 Å². The number of rotatable bonds is 4. The van der Waals surface area contributed by atoms with E-state index in [-0.39, 0.29) is 0 Å². The molecule has 0 spiro atoms. The van der Waals surface area contributed by atoms with Gasteiger partial charge in [-0.3, -0.25) is 4.98 Å². The second-order valence-electron chi connectivity index (χ2n) is 5.78. The molecule has 0 aliphatic carbocycles. The Morgan fingerprint density at radius 3 is 2.36 bits per heavy atom. The zero-order valence-electron chi connectivity index (χ0n) is 13.6. The van der Waals surface area contributed by atoms with Gasteiger partial charge in [-0.1, -0.05) is 24.3 Å². The van der Waals surface area contributed by atoms with E-state index in [1.807, 2.05) is 94.8 Å². The number of para-hydroxylation sites is 1. The highest BCUT2D eigenvalue weighted by Crippen LogP contribution is 2.31. The van der Waals surface area contributed by atoms with Crippen molar-refractivity contribution in [3.8, 4) is 0 Å². The van der Waals surface area contributed by atoms with Gasteiger partial charge in [-0.15, -0.1) is 0 Å². The number of nitrogens with zero attached hydrogens (tertiary/aromatic N) is 3. The SMILES string of the molecule is O=CC1C(n2cccc2)=CC(c2ccccn2)=CN1c1ccccc1. The number of aromatic nitrogens is 2. The molecule has 4 heteroatoms. The first kappa shape index (κ1) is 15.1. The lowest BCUT2D eigenvalue weighted by Crippen LogP contribution is -2.37. The second-order valence-corrected chi connectivity index (χ2v) is 5.78. The summed E-state index contributed by atoms with van der Waals surface area (Å²) < 4.78 is 1.98. The summed E-state index contributed by atoms with van der Waals surface area (Å²) in [6.07, 6.45) is 10.7. The molecule has 3 aromatic rings. The van der Waals surface area contributed by atoms with Gasteiger partial charge >= 0.3 is 0 Å². The number of hydrogen-bond acceptors (Lipinski definition) is 3. The van der Waals surface area contributed by atoms with Crippen molar-refractivity contribution in [1.29, 1.82) is 0 Å². The van der Waals surface area contributed by atoms with Crippen molar-refractivity contribution in [3.05, 3.63) is 97.2 Å². The van der Waals surface area contributed by atoms with Crippen LogP contribution in [0.3, 0.4) is 0 Å². The van der Waals surface area contributed by atoms with Crippen molar-refractivity contribution in [2.45, 2.75) is 6.04 Å². The molecule has 0 bridgehead atoms. The zero-order chi connectivity index (χ0) is 17.1. The third-order valence-electron chi connectivity index (χ3n) is 4.23. The first-order valence-electron chi connectivity index (χ1n) is 8.13. The average Bonchev–Trinajstić information content (AvgIpc) is 3.23. The highest BCUT2D eigenvalue weighted by atomic mass is 16.1. The zero-order valence-corrected chi connectivity index (χ0v) is 13.6. The minimum atomic E-state index is -0.401. The van der Waals surface area contributed by atoms with E-state index in [0.717, 1.165) is 28.9 Å². The lowest BCUT2D eigenvalue weighted by atomic mass is 10.0. The molecule has 122 valence electrons. The summed E-state index contributed by atoms with van der Waals surface area (Å²) >= 11 is 0. The fourth-order valence-corrected chi connectivity index (χ4v) is 3.03. The molecule has 0 fully saturated rings. The van der Waals surface area contributed by atoms with E-state index in [4.69, 9.17) is 0 Å². The van der Waals surface area contributed by atoms with Gasteiger partial charge in [0.25, 0.3) is 0 Å². The first-order valence-corrected chi connectivity index (χ1v) is 8.13. The Kier molecular flexibility index (Phi) is 4.01. The van der Waals surface area contributed by atoms with Crippen molar-refractivity contribution >= 4 is 23.2 Å². The number of benzene rings is 1. The number of anilines is 1. The van der Waals surface area contributed by atoms with E-state index < -0.39 is 6.04 Å². The van der Waals surface area contributed by atoms with Crippen LogP contribution in [0.5, 0.6) is 0 Å². The summed E-state index contributed by atoms with van der Waals surface area (Å²) in [5.74, 6) is 0. The quantitative estimate of drug-likeness (QED) is 0.683. The highest BCUT2D eigenvalue weighted by molar-refractivity contribution is 5.93. The minimum Gasteiger partial charge on any atom is -0.331 e. The van der Waals surface area contributed by atoms with Crippen molar-refractivity contribution in [1.82, 2.24) is 9.55 Å². The van der Waals surface area contributed by atoms with Gasteiger partial charge in [0.2, 0.25) is 0 Å². The molecule has 0 radical (unpaired) electrons. The summed E-state index contributed by atoms with van der Waals surface area (Å²) in [5, 5.41) is 0. The van der Waals surface area contributed by atoms with Crippen LogP contribution in [0.25, 0.3) is 11.3 Å². The van der Waals surface area contributed by atoms with Crippen LogP contribution in [0, 0.1) is 0 Å². The van der Waals surface area contributed by atoms with Crippen molar-refractivity contribution in [2.24, 2.45) is 0 Å². The molecule has 1 aliphatic heterocycles. The fraction of sp³-hybridized carbons (Fsp3) is 0.0476. The van der Waals surface area contributed by atoms with Gasteiger partial charge in [0.05, 0.1) is 11.4 Å². The summed E-state index contributed by atoms with van der Waals surface area (Å²) in [6, 6.07) is 19.2. The Morgan fingerprint density at radius 1 is 0.920 bits per heavy atom. The van der Waals surface area contributed by atoms with E-state index in [1.54, 1.807) is 6.20 Å². The number of aldehydes is 1. The van der Waals surface area contributed by atoms with Crippen LogP contribution in [-0.4, -0.2) is 21.9 Å². The topological polar surface area (TPSA) is 38.1 Å². The standard InChI is InChI=1S/C21H17N3O/c25-16-21-20(23-12-6-7-13-23)14-17(19-10-4-5-11-22-19)15-24(21)18-8-2-1-3-9-18/h1-16,21H. The maximum absolute atomic E-state index is 12.0. The number of carbonyl (C=O) groups excluding carboxylic acids is 1. The molecule has 0 amide bonds. The summed E-state index contributed by atoms with van der Waals surface area (Å²) in [4.78, 5) is 18.4. The van der Waals surface area contributed by atoms with Gasteiger partial charge in [0, 0.05) is 36.1 Å². The maximum atomic E-state index is 12.0. The van der Waals surface area contributed by atoms with E-state index in [2.05, 4.69) is 4.98 Å². The van der Waals surface area contributed by atoms with E-state index in [9.17, 15) is 4.79 Å². The third kappa shape index (κ3) is 2.90. The molecule has 1 unspecified atom stereocenters. The van der Waals surface area contributed by atoms with E-state index in [1.165, 1.54) is 0 Å². The summed E-state index contributed by atoms with van der Waals surface area (Å²) in [7, 11) is 0. The normalized spacial score (nSPS) is 17.0. The minimum absolute atomic E-state index is 0.401. The molecule has 4 nitrogen and oxygen atoms in total. The number of carbonyl (C=O) groups is 1. The Balaban J connectivity index is 1.87. The maximum Gasteiger partial charge on any atom is 0.148 e. The van der Waals surface area contributed by atoms with Crippen molar-refractivity contribution < 1.29 is 4.79 Å². The van der Waals surface area contributed by atoms with Gasteiger partial charge in [-0.05, 0) is 42.5 Å². The number of allylic oxidation sites excluding steroid dienone is 2. The number of pyridine rings is 1. The van der Waals surface area contributed by atoms with E-state index >= 15 is 0 Å². The molecule has 1 atom stereocenters. The predicted octanol–water partition coefficient (Wildman–Crippen LogP) is 3.85. The monoisotopic (exact) mass is 327 g/mol. The van der Waals surface area contributed by atoms with E-state index in [0.29, 0.717) is 0 Å². The summed E-state index contributed by atoms with van der Waals surface area (Å²) in [5.41, 5.74) is 3.70. The van der Waals surface area contributed by atoms with Crippen molar-refractivity contribution in [3.63, 3.8) is 0 Å². The smallest absolute Gasteiger partial charge is 0.148 e. The fourth-order valence-electron chi connectivity index (χ4n) is 3.03. The Hall–Kier alpha value is -3.40. The molecule has 25 heavy (non-hydrogen) atoms. The third-order valence-corrected chi connectivity index (χ3v) is 4.23. The lowest BCUT2D eigenvalue weighted by molar-refractivity contribution is -0.107. The largest absolute Gasteiger partial charge is 0.331 e. The Bertz CT molecular complexity index is 912. The molecular formula is C21H17N3O. The molecule has 0 N–H and O–H groups in total. The molecule has 0 saturated heterocycles. The first-order chi connectivity index (χ1) is 12.4. The Morgan fingerprint density at radius 2 is 1.68 bits per heavy atom. The summed E-state index contributed by atoms with van der Waals surface area (Å²) in [6.45, 7) is 0. The van der Waals surface area contributed by atoms with Gasteiger partial charge < -0.3 is 14.3 Å². The lowest BCUT2D eigenvalue weighted by Gasteiger charge is -2.33. The van der Waals surface area contributed by atoms with Crippen LogP contribution < -0.4 is 4.90 Å². The predicted molar refractivity (Wildman–Crippen MR) is 99.7 cm³/mol. The number of hydrogen-bond donors (Lipinski definition) is 0. The van der Waals surface area contributed by atoms with Crippen LogP contribution in [0.2, 0.25) is 0 Å². The average molecular weight is 327 g/mol. The molecule has 3 heterocycles. The van der Waals surface area contributed by atoms with Gasteiger partial charge in [-0.25, -0.2) is 0 Å². The molecule has 1 aliphatic rings. The van der Waals surface area contributed by atoms with Crippen molar-refractivity contribution in [2.75, 3.05) is 4.90 Å². The molecule has 2 aromatic heterocycles. The highest BCUT2D eigenvalue weighted by Gasteiger charge is 2.27. The molecular weight excluding hydrogens is 310 g/mol. The van der Waals surface area contributed by atoms with Gasteiger partial charge in [0.1, 0.15) is 12.3 Å². The van der Waals surface area contributed by atoms with Gasteiger partial charge in [0.15, 0.2) is 0 Å². The van der Waals surface area contributed by atoms with Gasteiger partial charge in [-0.2, -0.15) is 0 Å².